The average molecular weight is 454 g/mol. The van der Waals surface area contributed by atoms with Crippen LogP contribution in [0.3, 0.4) is 0 Å². The average Bonchev–Trinajstić information content (AvgIpc) is 2.75. The molecule has 176 valence electrons. The molecule has 11 heteroatoms. The van der Waals surface area contributed by atoms with Gasteiger partial charge in [0.05, 0.1) is 17.2 Å². The lowest BCUT2D eigenvalue weighted by molar-refractivity contribution is -0.160. The third kappa shape index (κ3) is 5.72. The van der Waals surface area contributed by atoms with Gasteiger partial charge in [0.15, 0.2) is 11.8 Å². The van der Waals surface area contributed by atoms with Crippen molar-refractivity contribution in [3.05, 3.63) is 23.5 Å². The second kappa shape index (κ2) is 10.9. The van der Waals surface area contributed by atoms with Crippen LogP contribution in [0.25, 0.3) is 0 Å². The van der Waals surface area contributed by atoms with E-state index >= 15 is 0 Å². The van der Waals surface area contributed by atoms with E-state index in [9.17, 15) is 33.8 Å². The van der Waals surface area contributed by atoms with Gasteiger partial charge in [0.2, 0.25) is 6.41 Å². The van der Waals surface area contributed by atoms with Crippen molar-refractivity contribution < 1.29 is 43.3 Å². The zero-order valence-corrected chi connectivity index (χ0v) is 18.0. The first-order chi connectivity index (χ1) is 15.1. The number of aliphatic hydroxyl groups excluding tert-OH is 1. The van der Waals surface area contributed by atoms with Crippen LogP contribution in [0.1, 0.15) is 50.4 Å². The van der Waals surface area contributed by atoms with Crippen LogP contribution in [0.4, 0.5) is 10.1 Å². The fourth-order valence-electron chi connectivity index (χ4n) is 3.38. The highest BCUT2D eigenvalue weighted by molar-refractivity contribution is 6.01. The van der Waals surface area contributed by atoms with Gasteiger partial charge in [0.25, 0.3) is 5.91 Å². The van der Waals surface area contributed by atoms with Crippen LogP contribution in [0, 0.1) is 11.7 Å². The standard InChI is InChI=1S/C21H27FN2O8/c1-4-5-6-13-17(26)11(3)32-21(30)16(10(2)31-20(13)29)24-19(28)14-7-12(22)8-15(18(14)27)23-9-25/h7-11,13,16-17,26-27H,4-6H2,1-3H3,(H,23,25)(H,24,28)/t10-,11+,13-,16+,17+/m1/s1. The van der Waals surface area contributed by atoms with E-state index in [4.69, 9.17) is 9.47 Å². The van der Waals surface area contributed by atoms with E-state index in [-0.39, 0.29) is 12.1 Å². The summed E-state index contributed by atoms with van der Waals surface area (Å²) in [6.07, 6.45) is -1.62. The lowest BCUT2D eigenvalue weighted by Crippen LogP contribution is -2.50. The van der Waals surface area contributed by atoms with Crippen molar-refractivity contribution >= 4 is 29.9 Å². The normalized spacial score (nSPS) is 26.1. The topological polar surface area (TPSA) is 151 Å². The number of nitrogens with one attached hydrogen (secondary N) is 2. The number of aromatic hydroxyl groups is 1. The van der Waals surface area contributed by atoms with E-state index in [1.54, 1.807) is 0 Å². The van der Waals surface area contributed by atoms with Crippen molar-refractivity contribution in [2.75, 3.05) is 5.32 Å². The Bertz CT molecular complexity index is 878. The van der Waals surface area contributed by atoms with Gasteiger partial charge in [0, 0.05) is 6.07 Å². The Morgan fingerprint density at radius 1 is 1.19 bits per heavy atom. The maximum atomic E-state index is 13.9. The number of rotatable bonds is 7. The van der Waals surface area contributed by atoms with E-state index in [1.165, 1.54) is 13.8 Å². The Morgan fingerprint density at radius 2 is 1.84 bits per heavy atom. The molecule has 2 rings (SSSR count). The predicted octanol–water partition coefficient (Wildman–Crippen LogP) is 1.24. The number of ether oxygens (including phenoxy) is 2. The molecule has 2 amide bonds. The summed E-state index contributed by atoms with van der Waals surface area (Å²) in [6.45, 7) is 4.69. The summed E-state index contributed by atoms with van der Waals surface area (Å²) >= 11 is 0. The molecule has 1 aliphatic rings. The molecule has 4 N–H and O–H groups in total. The molecular weight excluding hydrogens is 427 g/mol. The number of hydrogen-bond donors (Lipinski definition) is 4. The molecular formula is C21H27FN2O8. The third-order valence-electron chi connectivity index (χ3n) is 5.21. The molecule has 0 unspecified atom stereocenters. The minimum Gasteiger partial charge on any atom is -0.505 e. The summed E-state index contributed by atoms with van der Waals surface area (Å²) in [5.41, 5.74) is -0.911. The number of phenols is 1. The molecule has 0 aromatic heterocycles. The lowest BCUT2D eigenvalue weighted by atomic mass is 9.93. The van der Waals surface area contributed by atoms with Gasteiger partial charge < -0.3 is 30.3 Å². The number of phenolic OH excluding ortho intramolecular Hbond substituents is 1. The summed E-state index contributed by atoms with van der Waals surface area (Å²) in [5, 5.41) is 25.0. The minimum absolute atomic E-state index is 0.190. The van der Waals surface area contributed by atoms with Gasteiger partial charge in [0.1, 0.15) is 24.1 Å². The lowest BCUT2D eigenvalue weighted by Gasteiger charge is -2.24. The number of unbranched alkanes of at least 4 members (excludes halogenated alkanes) is 1. The highest BCUT2D eigenvalue weighted by Gasteiger charge is 2.41. The number of esters is 2. The van der Waals surface area contributed by atoms with Gasteiger partial charge in [-0.15, -0.1) is 0 Å². The molecule has 0 radical (unpaired) electrons. The van der Waals surface area contributed by atoms with Crippen molar-refractivity contribution in [1.29, 1.82) is 0 Å². The molecule has 1 fully saturated rings. The summed E-state index contributed by atoms with van der Waals surface area (Å²) in [6, 6.07) is 0.0140. The highest BCUT2D eigenvalue weighted by atomic mass is 19.1. The van der Waals surface area contributed by atoms with Crippen molar-refractivity contribution in [3.63, 3.8) is 0 Å². The predicted molar refractivity (Wildman–Crippen MR) is 109 cm³/mol. The Morgan fingerprint density at radius 3 is 2.47 bits per heavy atom. The number of carbonyl (C=O) groups is 4. The maximum Gasteiger partial charge on any atom is 0.332 e. The number of anilines is 1. The van der Waals surface area contributed by atoms with Crippen molar-refractivity contribution in [1.82, 2.24) is 5.32 Å². The molecule has 0 bridgehead atoms. The van der Waals surface area contributed by atoms with Crippen LogP contribution >= 0.6 is 0 Å². The molecule has 1 saturated heterocycles. The number of aliphatic hydroxyl groups is 1. The summed E-state index contributed by atoms with van der Waals surface area (Å²) in [7, 11) is 0. The van der Waals surface area contributed by atoms with Gasteiger partial charge in [-0.1, -0.05) is 19.8 Å². The SMILES string of the molecule is CCCC[C@H]1C(=O)O[C@H](C)[C@H](NC(=O)c2cc(F)cc(NC=O)c2O)C(=O)O[C@@H](C)[C@@H]1O. The molecule has 10 nitrogen and oxygen atoms in total. The second-order valence-electron chi connectivity index (χ2n) is 7.59. The van der Waals surface area contributed by atoms with E-state index in [0.717, 1.165) is 12.5 Å². The van der Waals surface area contributed by atoms with Crippen molar-refractivity contribution in [2.24, 2.45) is 5.92 Å². The van der Waals surface area contributed by atoms with E-state index in [1.807, 2.05) is 6.92 Å². The number of amides is 2. The Hall–Kier alpha value is -3.21. The number of hydrogen-bond acceptors (Lipinski definition) is 8. The Labute approximate surface area is 184 Å². The smallest absolute Gasteiger partial charge is 0.332 e. The zero-order valence-electron chi connectivity index (χ0n) is 18.0. The van der Waals surface area contributed by atoms with Gasteiger partial charge >= 0.3 is 11.9 Å². The molecule has 1 heterocycles. The van der Waals surface area contributed by atoms with E-state index < -0.39 is 65.2 Å². The van der Waals surface area contributed by atoms with E-state index in [0.29, 0.717) is 18.9 Å². The summed E-state index contributed by atoms with van der Waals surface area (Å²) < 4.78 is 24.4. The summed E-state index contributed by atoms with van der Waals surface area (Å²) in [4.78, 5) is 48.6. The third-order valence-corrected chi connectivity index (χ3v) is 5.21. The second-order valence-corrected chi connectivity index (χ2v) is 7.59. The number of cyclic esters (lactones) is 2. The molecule has 1 aliphatic heterocycles. The van der Waals surface area contributed by atoms with Gasteiger partial charge in [-0.25, -0.2) is 9.18 Å². The molecule has 0 saturated carbocycles. The fourth-order valence-corrected chi connectivity index (χ4v) is 3.38. The molecule has 5 atom stereocenters. The maximum absolute atomic E-state index is 13.9. The van der Waals surface area contributed by atoms with Gasteiger partial charge in [-0.05, 0) is 26.3 Å². The molecule has 1 aromatic rings. The molecule has 32 heavy (non-hydrogen) atoms. The molecule has 1 aromatic carbocycles. The number of carbonyl (C=O) groups excluding carboxylic acids is 4. The van der Waals surface area contributed by atoms with Crippen LogP contribution < -0.4 is 10.6 Å². The minimum atomic E-state index is -1.50. The monoisotopic (exact) mass is 454 g/mol. The first-order valence-corrected chi connectivity index (χ1v) is 10.2. The Balaban J connectivity index is 2.31. The number of halogens is 1. The van der Waals surface area contributed by atoms with Crippen LogP contribution in [0.15, 0.2) is 12.1 Å². The van der Waals surface area contributed by atoms with E-state index in [2.05, 4.69) is 10.6 Å². The number of benzene rings is 1. The fraction of sp³-hybridized carbons (Fsp3) is 0.524. The zero-order chi connectivity index (χ0) is 24.0. The first-order valence-electron chi connectivity index (χ1n) is 10.2. The summed E-state index contributed by atoms with van der Waals surface area (Å²) in [5.74, 6) is -5.36. The van der Waals surface area contributed by atoms with Gasteiger partial charge in [-0.2, -0.15) is 0 Å². The van der Waals surface area contributed by atoms with Crippen LogP contribution in [0.5, 0.6) is 5.75 Å². The van der Waals surface area contributed by atoms with Crippen LogP contribution in [-0.2, 0) is 23.9 Å². The largest absolute Gasteiger partial charge is 0.505 e. The van der Waals surface area contributed by atoms with Crippen LogP contribution in [-0.4, -0.2) is 58.8 Å². The van der Waals surface area contributed by atoms with Crippen molar-refractivity contribution in [2.45, 2.75) is 64.4 Å². The Kier molecular flexibility index (Phi) is 8.53. The van der Waals surface area contributed by atoms with Gasteiger partial charge in [-0.3, -0.25) is 14.4 Å². The van der Waals surface area contributed by atoms with Crippen LogP contribution in [0.2, 0.25) is 0 Å². The van der Waals surface area contributed by atoms with Crippen molar-refractivity contribution in [3.8, 4) is 5.75 Å². The quantitative estimate of drug-likeness (QED) is 0.273. The molecule has 0 spiro atoms. The first kappa shape index (κ1) is 25.1. The highest BCUT2D eigenvalue weighted by Crippen LogP contribution is 2.29. The molecule has 0 aliphatic carbocycles.